The number of benzene rings is 1. The molecule has 0 aromatic heterocycles. The van der Waals surface area contributed by atoms with Crippen LogP contribution in [0.5, 0.6) is 0 Å². The van der Waals surface area contributed by atoms with Crippen molar-refractivity contribution in [3.05, 3.63) is 29.8 Å². The highest BCUT2D eigenvalue weighted by atomic mass is 15.2. The highest BCUT2D eigenvalue weighted by molar-refractivity contribution is 5.49. The summed E-state index contributed by atoms with van der Waals surface area (Å²) in [6, 6.07) is 9.00. The summed E-state index contributed by atoms with van der Waals surface area (Å²) in [6.45, 7) is 14.3. The quantitative estimate of drug-likeness (QED) is 0.819. The Morgan fingerprint density at radius 3 is 2.09 bits per heavy atom. The fourth-order valence-electron chi connectivity index (χ4n) is 4.00. The largest absolute Gasteiger partial charge is 0.371 e. The second-order valence-electron chi connectivity index (χ2n) is 8.44. The molecule has 2 aliphatic heterocycles. The van der Waals surface area contributed by atoms with Crippen molar-refractivity contribution in [1.29, 1.82) is 0 Å². The maximum atomic E-state index is 2.66. The SMILES string of the molecule is Cc1ccc(N2CC(CC3CCN(C(C)(C)C)CC3)C2)cc1. The van der Waals surface area contributed by atoms with Crippen LogP contribution in [0.4, 0.5) is 5.69 Å². The Kier molecular flexibility index (Phi) is 4.49. The maximum Gasteiger partial charge on any atom is 0.0366 e. The number of aryl methyl sites for hydroxylation is 1. The molecule has 0 atom stereocenters. The van der Waals surface area contributed by atoms with Gasteiger partial charge in [-0.05, 0) is 84.0 Å². The normalized spacial score (nSPS) is 21.9. The van der Waals surface area contributed by atoms with Gasteiger partial charge in [-0.3, -0.25) is 4.90 Å². The van der Waals surface area contributed by atoms with E-state index in [2.05, 4.69) is 61.8 Å². The van der Waals surface area contributed by atoms with Crippen molar-refractivity contribution in [2.75, 3.05) is 31.1 Å². The predicted molar refractivity (Wildman–Crippen MR) is 95.5 cm³/mol. The minimum Gasteiger partial charge on any atom is -0.371 e. The van der Waals surface area contributed by atoms with Crippen LogP contribution in [0.3, 0.4) is 0 Å². The van der Waals surface area contributed by atoms with Gasteiger partial charge in [-0.15, -0.1) is 0 Å². The smallest absolute Gasteiger partial charge is 0.0366 e. The van der Waals surface area contributed by atoms with Gasteiger partial charge in [0.15, 0.2) is 0 Å². The third-order valence-corrected chi connectivity index (χ3v) is 5.59. The Hall–Kier alpha value is -1.02. The number of likely N-dealkylation sites (tertiary alicyclic amines) is 1. The van der Waals surface area contributed by atoms with Crippen LogP contribution < -0.4 is 4.90 Å². The molecule has 0 radical (unpaired) electrons. The number of piperidine rings is 1. The van der Waals surface area contributed by atoms with Crippen molar-refractivity contribution < 1.29 is 0 Å². The fraction of sp³-hybridized carbons (Fsp3) is 0.700. The summed E-state index contributed by atoms with van der Waals surface area (Å²) >= 11 is 0. The molecule has 122 valence electrons. The first-order valence-electron chi connectivity index (χ1n) is 8.98. The van der Waals surface area contributed by atoms with Gasteiger partial charge in [0.25, 0.3) is 0 Å². The Balaban J connectivity index is 1.41. The molecule has 0 bridgehead atoms. The molecule has 1 aromatic rings. The Labute approximate surface area is 136 Å². The second kappa shape index (κ2) is 6.23. The van der Waals surface area contributed by atoms with Gasteiger partial charge in [0, 0.05) is 24.3 Å². The summed E-state index contributed by atoms with van der Waals surface area (Å²) in [5.41, 5.74) is 3.11. The van der Waals surface area contributed by atoms with Crippen LogP contribution in [0.2, 0.25) is 0 Å². The van der Waals surface area contributed by atoms with Crippen LogP contribution in [-0.4, -0.2) is 36.6 Å². The summed E-state index contributed by atoms with van der Waals surface area (Å²) in [6.07, 6.45) is 4.25. The van der Waals surface area contributed by atoms with E-state index in [1.54, 1.807) is 0 Å². The fourth-order valence-corrected chi connectivity index (χ4v) is 4.00. The second-order valence-corrected chi connectivity index (χ2v) is 8.44. The van der Waals surface area contributed by atoms with Gasteiger partial charge in [-0.2, -0.15) is 0 Å². The Bertz CT molecular complexity index is 471. The van der Waals surface area contributed by atoms with Crippen molar-refractivity contribution in [3.8, 4) is 0 Å². The van der Waals surface area contributed by atoms with E-state index in [9.17, 15) is 0 Å². The van der Waals surface area contributed by atoms with Gasteiger partial charge in [-0.25, -0.2) is 0 Å². The average Bonchev–Trinajstić information content (AvgIpc) is 2.43. The van der Waals surface area contributed by atoms with E-state index < -0.39 is 0 Å². The number of hydrogen-bond acceptors (Lipinski definition) is 2. The summed E-state index contributed by atoms with van der Waals surface area (Å²) in [5.74, 6) is 1.89. The molecule has 2 heteroatoms. The zero-order valence-corrected chi connectivity index (χ0v) is 14.8. The van der Waals surface area contributed by atoms with E-state index in [4.69, 9.17) is 0 Å². The molecule has 2 aliphatic rings. The van der Waals surface area contributed by atoms with E-state index in [1.807, 2.05) is 0 Å². The minimum atomic E-state index is 0.351. The molecule has 22 heavy (non-hydrogen) atoms. The van der Waals surface area contributed by atoms with Crippen molar-refractivity contribution in [3.63, 3.8) is 0 Å². The first kappa shape index (κ1) is 15.9. The molecule has 2 heterocycles. The number of rotatable bonds is 3. The Morgan fingerprint density at radius 1 is 0.955 bits per heavy atom. The first-order valence-corrected chi connectivity index (χ1v) is 8.98. The molecule has 0 aliphatic carbocycles. The van der Waals surface area contributed by atoms with Crippen molar-refractivity contribution in [2.24, 2.45) is 11.8 Å². The highest BCUT2D eigenvalue weighted by Crippen LogP contribution is 2.33. The summed E-state index contributed by atoms with van der Waals surface area (Å²) < 4.78 is 0. The maximum absolute atomic E-state index is 2.66. The zero-order valence-electron chi connectivity index (χ0n) is 14.8. The molecule has 2 fully saturated rings. The van der Waals surface area contributed by atoms with Gasteiger partial charge in [0.1, 0.15) is 0 Å². The molecule has 0 amide bonds. The molecule has 2 saturated heterocycles. The van der Waals surface area contributed by atoms with Crippen LogP contribution in [0.25, 0.3) is 0 Å². The average molecular weight is 300 g/mol. The van der Waals surface area contributed by atoms with Crippen LogP contribution in [-0.2, 0) is 0 Å². The summed E-state index contributed by atoms with van der Waals surface area (Å²) in [5, 5.41) is 0. The molecule has 3 rings (SSSR count). The third-order valence-electron chi connectivity index (χ3n) is 5.59. The summed E-state index contributed by atoms with van der Waals surface area (Å²) in [4.78, 5) is 5.19. The van der Waals surface area contributed by atoms with E-state index in [1.165, 1.54) is 56.7 Å². The van der Waals surface area contributed by atoms with Crippen molar-refractivity contribution >= 4 is 5.69 Å². The third kappa shape index (κ3) is 3.65. The molecule has 0 spiro atoms. The molecule has 0 saturated carbocycles. The number of anilines is 1. The number of hydrogen-bond donors (Lipinski definition) is 0. The number of nitrogens with zero attached hydrogens (tertiary/aromatic N) is 2. The molecular weight excluding hydrogens is 268 g/mol. The molecule has 0 unspecified atom stereocenters. The lowest BCUT2D eigenvalue weighted by molar-refractivity contribution is 0.0790. The van der Waals surface area contributed by atoms with Gasteiger partial charge >= 0.3 is 0 Å². The van der Waals surface area contributed by atoms with Gasteiger partial charge in [0.05, 0.1) is 0 Å². The van der Waals surface area contributed by atoms with E-state index in [-0.39, 0.29) is 0 Å². The van der Waals surface area contributed by atoms with Crippen LogP contribution >= 0.6 is 0 Å². The van der Waals surface area contributed by atoms with Crippen LogP contribution in [0.15, 0.2) is 24.3 Å². The monoisotopic (exact) mass is 300 g/mol. The van der Waals surface area contributed by atoms with Crippen LogP contribution in [0, 0.1) is 18.8 Å². The van der Waals surface area contributed by atoms with E-state index in [0.29, 0.717) is 5.54 Å². The topological polar surface area (TPSA) is 6.48 Å². The first-order chi connectivity index (χ1) is 10.4. The van der Waals surface area contributed by atoms with Crippen molar-refractivity contribution in [1.82, 2.24) is 4.90 Å². The zero-order chi connectivity index (χ0) is 15.7. The highest BCUT2D eigenvalue weighted by Gasteiger charge is 2.32. The van der Waals surface area contributed by atoms with Crippen LogP contribution in [0.1, 0.15) is 45.6 Å². The van der Waals surface area contributed by atoms with Crippen molar-refractivity contribution in [2.45, 2.75) is 52.5 Å². The lowest BCUT2D eigenvalue weighted by atomic mass is 9.82. The summed E-state index contributed by atoms with van der Waals surface area (Å²) in [7, 11) is 0. The Morgan fingerprint density at radius 2 is 1.55 bits per heavy atom. The van der Waals surface area contributed by atoms with Gasteiger partial charge in [-0.1, -0.05) is 17.7 Å². The molecule has 0 N–H and O–H groups in total. The predicted octanol–water partition coefficient (Wildman–Crippen LogP) is 4.33. The lowest BCUT2D eigenvalue weighted by Gasteiger charge is -2.45. The lowest BCUT2D eigenvalue weighted by Crippen LogP contribution is -2.49. The molecular formula is C20H32N2. The van der Waals surface area contributed by atoms with E-state index >= 15 is 0 Å². The van der Waals surface area contributed by atoms with E-state index in [0.717, 1.165) is 11.8 Å². The molecule has 1 aromatic carbocycles. The van der Waals surface area contributed by atoms with Gasteiger partial charge < -0.3 is 4.90 Å². The standard InChI is InChI=1S/C20H32N2/c1-16-5-7-19(8-6-16)21-14-18(15-21)13-17-9-11-22(12-10-17)20(2,3)4/h5-8,17-18H,9-15H2,1-4H3. The minimum absolute atomic E-state index is 0.351. The van der Waals surface area contributed by atoms with Gasteiger partial charge in [0.2, 0.25) is 0 Å². The molecule has 2 nitrogen and oxygen atoms in total.